The number of nitrogens with one attached hydrogen (secondary N) is 2. The Morgan fingerprint density at radius 1 is 1.13 bits per heavy atom. The van der Waals surface area contributed by atoms with E-state index in [4.69, 9.17) is 4.74 Å². The number of hydrogen-bond donors (Lipinski definition) is 2. The molecular formula is C21H28F2IN3O3S. The highest BCUT2D eigenvalue weighted by atomic mass is 127. The smallest absolute Gasteiger partial charge is 0.191 e. The van der Waals surface area contributed by atoms with Crippen molar-refractivity contribution in [1.29, 1.82) is 0 Å². The molecule has 0 aliphatic rings. The Morgan fingerprint density at radius 3 is 2.45 bits per heavy atom. The van der Waals surface area contributed by atoms with Crippen LogP contribution in [0.15, 0.2) is 47.5 Å². The predicted octanol–water partition coefficient (Wildman–Crippen LogP) is 3.65. The second-order valence-corrected chi connectivity index (χ2v) is 9.01. The molecule has 0 amide bonds. The van der Waals surface area contributed by atoms with Crippen LogP contribution >= 0.6 is 24.0 Å². The molecule has 0 aromatic heterocycles. The number of halogens is 3. The van der Waals surface area contributed by atoms with Crippen molar-refractivity contribution in [3.05, 3.63) is 65.2 Å². The summed E-state index contributed by atoms with van der Waals surface area (Å²) in [5, 5.41) is 6.13. The number of ether oxygens (including phenoxy) is 1. The van der Waals surface area contributed by atoms with Crippen molar-refractivity contribution in [2.45, 2.75) is 31.7 Å². The first kappa shape index (κ1) is 27.1. The van der Waals surface area contributed by atoms with E-state index in [2.05, 4.69) is 15.6 Å². The molecule has 6 nitrogen and oxygen atoms in total. The van der Waals surface area contributed by atoms with Gasteiger partial charge in [0.15, 0.2) is 27.4 Å². The molecule has 2 N–H and O–H groups in total. The maximum atomic E-state index is 13.8. The van der Waals surface area contributed by atoms with E-state index in [1.807, 2.05) is 6.92 Å². The van der Waals surface area contributed by atoms with Crippen LogP contribution in [0.2, 0.25) is 0 Å². The van der Waals surface area contributed by atoms with Gasteiger partial charge in [0, 0.05) is 19.8 Å². The topological polar surface area (TPSA) is 79.8 Å². The van der Waals surface area contributed by atoms with E-state index in [0.29, 0.717) is 30.1 Å². The summed E-state index contributed by atoms with van der Waals surface area (Å²) in [7, 11) is -1.68. The molecule has 0 aliphatic carbocycles. The highest BCUT2D eigenvalue weighted by Crippen LogP contribution is 2.18. The van der Waals surface area contributed by atoms with Crippen molar-refractivity contribution in [3.63, 3.8) is 0 Å². The first-order chi connectivity index (χ1) is 14.2. The van der Waals surface area contributed by atoms with Crippen LogP contribution < -0.4 is 15.4 Å². The van der Waals surface area contributed by atoms with Gasteiger partial charge in [0.1, 0.15) is 11.9 Å². The molecule has 0 aliphatic heterocycles. The molecule has 0 saturated heterocycles. The molecule has 0 radical (unpaired) electrons. The first-order valence-electron chi connectivity index (χ1n) is 9.52. The van der Waals surface area contributed by atoms with Gasteiger partial charge in [0.05, 0.1) is 12.3 Å². The lowest BCUT2D eigenvalue weighted by molar-refractivity contribution is 0.191. The Hall–Kier alpha value is -1.95. The Labute approximate surface area is 199 Å². The van der Waals surface area contributed by atoms with Crippen molar-refractivity contribution >= 4 is 39.8 Å². The highest BCUT2D eigenvalue weighted by Gasteiger charge is 2.14. The number of rotatable bonds is 9. The van der Waals surface area contributed by atoms with E-state index in [0.717, 1.165) is 6.26 Å². The molecule has 172 valence electrons. The lowest BCUT2D eigenvalue weighted by atomic mass is 10.1. The van der Waals surface area contributed by atoms with Crippen molar-refractivity contribution in [1.82, 2.24) is 10.6 Å². The second kappa shape index (κ2) is 12.8. The van der Waals surface area contributed by atoms with Gasteiger partial charge >= 0.3 is 0 Å². The predicted molar refractivity (Wildman–Crippen MR) is 130 cm³/mol. The number of aliphatic imine (C=N–C) groups is 1. The Morgan fingerprint density at radius 2 is 1.84 bits per heavy atom. The summed E-state index contributed by atoms with van der Waals surface area (Å²) in [6, 6.07) is 10.2. The average molecular weight is 567 g/mol. The molecule has 0 heterocycles. The molecule has 2 aromatic carbocycles. The van der Waals surface area contributed by atoms with Crippen LogP contribution in [0.25, 0.3) is 0 Å². The number of hydrogen-bond acceptors (Lipinski definition) is 4. The zero-order chi connectivity index (χ0) is 22.1. The van der Waals surface area contributed by atoms with Gasteiger partial charge in [-0.2, -0.15) is 0 Å². The van der Waals surface area contributed by atoms with Gasteiger partial charge in [-0.25, -0.2) is 17.2 Å². The van der Waals surface area contributed by atoms with Crippen LogP contribution in [0.1, 0.15) is 24.5 Å². The molecule has 0 fully saturated rings. The van der Waals surface area contributed by atoms with Gasteiger partial charge in [-0.3, -0.25) is 4.99 Å². The van der Waals surface area contributed by atoms with Crippen molar-refractivity contribution < 1.29 is 21.9 Å². The summed E-state index contributed by atoms with van der Waals surface area (Å²) in [5.74, 6) is -0.441. The zero-order valence-corrected chi connectivity index (χ0v) is 20.8. The molecule has 10 heteroatoms. The largest absolute Gasteiger partial charge is 0.486 e. The second-order valence-electron chi connectivity index (χ2n) is 6.87. The fourth-order valence-corrected chi connectivity index (χ4v) is 3.63. The molecule has 0 saturated carbocycles. The minimum atomic E-state index is -3.26. The number of para-hydroxylation sites is 1. The number of guanidine groups is 1. The number of sulfone groups is 1. The van der Waals surface area contributed by atoms with Crippen LogP contribution in [0.5, 0.6) is 5.75 Å². The minimum Gasteiger partial charge on any atom is -0.486 e. The monoisotopic (exact) mass is 567 g/mol. The lowest BCUT2D eigenvalue weighted by Crippen LogP contribution is -2.42. The van der Waals surface area contributed by atoms with Gasteiger partial charge in [-0.15, -0.1) is 24.0 Å². The summed E-state index contributed by atoms with van der Waals surface area (Å²) >= 11 is 0. The fraction of sp³-hybridized carbons (Fsp3) is 0.381. The number of nitrogens with zero attached hydrogens (tertiary/aromatic N) is 1. The number of benzene rings is 2. The van der Waals surface area contributed by atoms with E-state index in [-0.39, 0.29) is 48.1 Å². The van der Waals surface area contributed by atoms with Crippen LogP contribution in [-0.2, 0) is 22.1 Å². The van der Waals surface area contributed by atoms with E-state index in [1.165, 1.54) is 24.3 Å². The lowest BCUT2D eigenvalue weighted by Gasteiger charge is -2.20. The van der Waals surface area contributed by atoms with Gasteiger partial charge < -0.3 is 15.4 Å². The fourth-order valence-electron chi connectivity index (χ4n) is 2.78. The Kier molecular flexibility index (Phi) is 11.2. The minimum absolute atomic E-state index is 0. The third kappa shape index (κ3) is 9.38. The standard InChI is InChI=1S/C21H27F2N3O3S.HI/c1-4-18(29-20-8-6-5-7-19(20)23)13-26-21(24-2)25-12-16-11-17(22)10-9-15(16)14-30(3,27)28;/h5-11,18H,4,12-14H2,1-3H3,(H2,24,25,26);1H. The summed E-state index contributed by atoms with van der Waals surface area (Å²) in [6.45, 7) is 2.48. The first-order valence-corrected chi connectivity index (χ1v) is 11.6. The molecule has 0 bridgehead atoms. The molecule has 31 heavy (non-hydrogen) atoms. The van der Waals surface area contributed by atoms with Crippen molar-refractivity contribution in [2.24, 2.45) is 4.99 Å². The Bertz CT molecular complexity index is 988. The summed E-state index contributed by atoms with van der Waals surface area (Å²) in [5.41, 5.74) is 1.05. The summed E-state index contributed by atoms with van der Waals surface area (Å²) < 4.78 is 56.4. The molecular weight excluding hydrogens is 539 g/mol. The van der Waals surface area contributed by atoms with Crippen LogP contribution in [0.3, 0.4) is 0 Å². The Balaban J connectivity index is 0.00000480. The van der Waals surface area contributed by atoms with E-state index in [1.54, 1.807) is 25.2 Å². The van der Waals surface area contributed by atoms with Crippen molar-refractivity contribution in [3.8, 4) is 5.75 Å². The third-order valence-corrected chi connectivity index (χ3v) is 5.17. The summed E-state index contributed by atoms with van der Waals surface area (Å²) in [4.78, 5) is 4.11. The van der Waals surface area contributed by atoms with Gasteiger partial charge in [0.25, 0.3) is 0 Å². The van der Waals surface area contributed by atoms with Gasteiger partial charge in [-0.05, 0) is 41.8 Å². The zero-order valence-electron chi connectivity index (χ0n) is 17.7. The molecule has 2 rings (SSSR count). The average Bonchev–Trinajstić information content (AvgIpc) is 2.69. The molecule has 1 atom stereocenters. The SMILES string of the molecule is CCC(CNC(=NC)NCc1cc(F)ccc1CS(C)(=O)=O)Oc1ccccc1F.I. The van der Waals surface area contributed by atoms with E-state index in [9.17, 15) is 17.2 Å². The normalized spacial score (nSPS) is 12.6. The molecule has 1 unspecified atom stereocenters. The summed E-state index contributed by atoms with van der Waals surface area (Å²) in [6.07, 6.45) is 1.48. The van der Waals surface area contributed by atoms with Crippen LogP contribution in [0, 0.1) is 11.6 Å². The molecule has 0 spiro atoms. The third-order valence-electron chi connectivity index (χ3n) is 4.34. The van der Waals surface area contributed by atoms with Crippen LogP contribution in [0.4, 0.5) is 8.78 Å². The van der Waals surface area contributed by atoms with Gasteiger partial charge in [-0.1, -0.05) is 25.1 Å². The van der Waals surface area contributed by atoms with E-state index >= 15 is 0 Å². The van der Waals surface area contributed by atoms with E-state index < -0.39 is 21.5 Å². The van der Waals surface area contributed by atoms with Gasteiger partial charge in [0.2, 0.25) is 0 Å². The maximum absolute atomic E-state index is 13.8. The maximum Gasteiger partial charge on any atom is 0.191 e. The quantitative estimate of drug-likeness (QED) is 0.275. The highest BCUT2D eigenvalue weighted by molar-refractivity contribution is 14.0. The van der Waals surface area contributed by atoms with Crippen molar-refractivity contribution in [2.75, 3.05) is 19.8 Å². The molecule has 2 aromatic rings. The van der Waals surface area contributed by atoms with Crippen LogP contribution in [-0.4, -0.2) is 40.3 Å².